The van der Waals surface area contributed by atoms with Crippen LogP contribution in [0, 0.1) is 10.1 Å². The predicted octanol–water partition coefficient (Wildman–Crippen LogP) is 2.52. The lowest BCUT2D eigenvalue weighted by molar-refractivity contribution is -0.384. The van der Waals surface area contributed by atoms with E-state index in [1.165, 1.54) is 6.07 Å². The molecular weight excluding hydrogens is 256 g/mol. The van der Waals surface area contributed by atoms with Gasteiger partial charge < -0.3 is 10.3 Å². The molecule has 0 heterocycles. The summed E-state index contributed by atoms with van der Waals surface area (Å²) in [5, 5.41) is 11.0. The van der Waals surface area contributed by atoms with Gasteiger partial charge >= 0.3 is 0 Å². The third-order valence-electron chi connectivity index (χ3n) is 3.03. The van der Waals surface area contributed by atoms with Crippen LogP contribution in [0.3, 0.4) is 0 Å². The Hall–Kier alpha value is -2.60. The molecular formula is C14H16N4O2. The standard InChI is InChI=1S/C14H16N4O2/c1-17(12-5-3-2-4-6-12)10-11-7-8-13(16-15)14(9-11)18(19)20/h2-9,16H,10,15H2,1H3. The van der Waals surface area contributed by atoms with E-state index in [4.69, 9.17) is 5.84 Å². The topological polar surface area (TPSA) is 84.4 Å². The summed E-state index contributed by atoms with van der Waals surface area (Å²) in [6.45, 7) is 0.579. The minimum absolute atomic E-state index is 0.0218. The van der Waals surface area contributed by atoms with Gasteiger partial charge in [-0.05, 0) is 23.8 Å². The largest absolute Gasteiger partial charge is 0.370 e. The number of hydrazine groups is 1. The van der Waals surface area contributed by atoms with Gasteiger partial charge in [-0.3, -0.25) is 16.0 Å². The summed E-state index contributed by atoms with van der Waals surface area (Å²) < 4.78 is 0. The second-order valence-electron chi connectivity index (χ2n) is 4.44. The molecule has 6 nitrogen and oxygen atoms in total. The number of hydrogen-bond donors (Lipinski definition) is 2. The zero-order valence-electron chi connectivity index (χ0n) is 11.1. The quantitative estimate of drug-likeness (QED) is 0.496. The molecule has 0 saturated heterocycles. The number of anilines is 2. The number of nitro benzene ring substituents is 1. The Morgan fingerprint density at radius 1 is 1.25 bits per heavy atom. The smallest absolute Gasteiger partial charge is 0.293 e. The van der Waals surface area contributed by atoms with E-state index in [2.05, 4.69) is 5.43 Å². The second-order valence-corrected chi connectivity index (χ2v) is 4.44. The normalized spacial score (nSPS) is 10.1. The average molecular weight is 272 g/mol. The highest BCUT2D eigenvalue weighted by atomic mass is 16.6. The van der Waals surface area contributed by atoms with Gasteiger partial charge in [0.15, 0.2) is 0 Å². The maximum atomic E-state index is 11.0. The molecule has 2 aromatic carbocycles. The second kappa shape index (κ2) is 6.03. The highest BCUT2D eigenvalue weighted by Crippen LogP contribution is 2.25. The van der Waals surface area contributed by atoms with E-state index in [9.17, 15) is 10.1 Å². The minimum Gasteiger partial charge on any atom is -0.370 e. The van der Waals surface area contributed by atoms with E-state index in [1.54, 1.807) is 6.07 Å². The minimum atomic E-state index is -0.443. The van der Waals surface area contributed by atoms with Gasteiger partial charge in [-0.1, -0.05) is 24.3 Å². The van der Waals surface area contributed by atoms with Crippen LogP contribution in [0.4, 0.5) is 17.1 Å². The average Bonchev–Trinajstić information content (AvgIpc) is 2.48. The molecule has 20 heavy (non-hydrogen) atoms. The molecule has 0 bridgehead atoms. The van der Waals surface area contributed by atoms with Crippen LogP contribution in [0.5, 0.6) is 0 Å². The molecule has 0 saturated carbocycles. The molecule has 3 N–H and O–H groups in total. The number of para-hydroxylation sites is 1. The van der Waals surface area contributed by atoms with Crippen LogP contribution < -0.4 is 16.2 Å². The van der Waals surface area contributed by atoms with Crippen LogP contribution in [-0.4, -0.2) is 12.0 Å². The van der Waals surface area contributed by atoms with E-state index in [0.29, 0.717) is 12.2 Å². The molecule has 0 aliphatic rings. The van der Waals surface area contributed by atoms with Crippen molar-refractivity contribution in [2.75, 3.05) is 17.4 Å². The van der Waals surface area contributed by atoms with E-state index in [1.807, 2.05) is 48.3 Å². The van der Waals surface area contributed by atoms with Crippen LogP contribution in [0.1, 0.15) is 5.56 Å². The third kappa shape index (κ3) is 3.04. The summed E-state index contributed by atoms with van der Waals surface area (Å²) in [5.41, 5.74) is 4.52. The fourth-order valence-corrected chi connectivity index (χ4v) is 2.00. The van der Waals surface area contributed by atoms with Crippen molar-refractivity contribution in [2.45, 2.75) is 6.54 Å². The van der Waals surface area contributed by atoms with Gasteiger partial charge in [0.25, 0.3) is 5.69 Å². The summed E-state index contributed by atoms with van der Waals surface area (Å²) in [5.74, 6) is 5.27. The lowest BCUT2D eigenvalue weighted by Crippen LogP contribution is -2.16. The molecule has 0 fully saturated rings. The van der Waals surface area contributed by atoms with Crippen LogP contribution >= 0.6 is 0 Å². The zero-order valence-corrected chi connectivity index (χ0v) is 11.1. The van der Waals surface area contributed by atoms with Crippen molar-refractivity contribution in [1.82, 2.24) is 0 Å². The van der Waals surface area contributed by atoms with Gasteiger partial charge in [0.05, 0.1) is 4.92 Å². The van der Waals surface area contributed by atoms with Crippen LogP contribution in [-0.2, 0) is 6.54 Å². The Morgan fingerprint density at radius 3 is 2.55 bits per heavy atom. The zero-order chi connectivity index (χ0) is 14.5. The van der Waals surface area contributed by atoms with Crippen molar-refractivity contribution in [1.29, 1.82) is 0 Å². The van der Waals surface area contributed by atoms with Crippen molar-refractivity contribution in [3.05, 3.63) is 64.2 Å². The highest BCUT2D eigenvalue weighted by Gasteiger charge is 2.14. The van der Waals surface area contributed by atoms with Gasteiger partial charge in [-0.2, -0.15) is 0 Å². The summed E-state index contributed by atoms with van der Waals surface area (Å²) in [6.07, 6.45) is 0. The van der Waals surface area contributed by atoms with E-state index in [0.717, 1.165) is 11.3 Å². The Morgan fingerprint density at radius 2 is 1.95 bits per heavy atom. The molecule has 0 aliphatic carbocycles. The molecule has 6 heteroatoms. The highest BCUT2D eigenvalue weighted by molar-refractivity contribution is 5.62. The first-order chi connectivity index (χ1) is 9.61. The summed E-state index contributed by atoms with van der Waals surface area (Å²) in [4.78, 5) is 12.6. The van der Waals surface area contributed by atoms with Gasteiger partial charge in [0, 0.05) is 25.3 Å². The molecule has 0 spiro atoms. The molecule has 0 unspecified atom stereocenters. The number of hydrogen-bond acceptors (Lipinski definition) is 5. The first-order valence-corrected chi connectivity index (χ1v) is 6.12. The van der Waals surface area contributed by atoms with E-state index in [-0.39, 0.29) is 5.69 Å². The molecule has 2 aromatic rings. The van der Waals surface area contributed by atoms with Crippen LogP contribution in [0.25, 0.3) is 0 Å². The number of nitrogen functional groups attached to an aromatic ring is 1. The van der Waals surface area contributed by atoms with Gasteiger partial charge in [-0.15, -0.1) is 0 Å². The Balaban J connectivity index is 2.22. The van der Waals surface area contributed by atoms with Crippen LogP contribution in [0.2, 0.25) is 0 Å². The Labute approximate surface area is 116 Å². The van der Waals surface area contributed by atoms with E-state index >= 15 is 0 Å². The molecule has 0 atom stereocenters. The predicted molar refractivity (Wildman–Crippen MR) is 79.5 cm³/mol. The SMILES string of the molecule is CN(Cc1ccc(NN)c([N+](=O)[O-])c1)c1ccccc1. The van der Waals surface area contributed by atoms with Crippen LogP contribution in [0.15, 0.2) is 48.5 Å². The van der Waals surface area contributed by atoms with Crippen molar-refractivity contribution in [3.8, 4) is 0 Å². The molecule has 2 rings (SSSR count). The van der Waals surface area contributed by atoms with Gasteiger partial charge in [-0.25, -0.2) is 0 Å². The summed E-state index contributed by atoms with van der Waals surface area (Å²) >= 11 is 0. The van der Waals surface area contributed by atoms with Crippen molar-refractivity contribution >= 4 is 17.1 Å². The molecule has 0 aromatic heterocycles. The number of rotatable bonds is 5. The number of nitrogens with one attached hydrogen (secondary N) is 1. The first kappa shape index (κ1) is 13.8. The van der Waals surface area contributed by atoms with E-state index < -0.39 is 4.92 Å². The fraction of sp³-hybridized carbons (Fsp3) is 0.143. The lowest BCUT2D eigenvalue weighted by atomic mass is 10.1. The van der Waals surface area contributed by atoms with Gasteiger partial charge in [0.1, 0.15) is 5.69 Å². The monoisotopic (exact) mass is 272 g/mol. The van der Waals surface area contributed by atoms with Gasteiger partial charge in [0.2, 0.25) is 0 Å². The third-order valence-corrected chi connectivity index (χ3v) is 3.03. The Kier molecular flexibility index (Phi) is 4.17. The number of nitrogens with zero attached hydrogens (tertiary/aromatic N) is 2. The van der Waals surface area contributed by atoms with Crippen molar-refractivity contribution < 1.29 is 4.92 Å². The Bertz CT molecular complexity index is 601. The maximum absolute atomic E-state index is 11.0. The first-order valence-electron chi connectivity index (χ1n) is 6.12. The van der Waals surface area contributed by atoms with Crippen molar-refractivity contribution in [2.24, 2.45) is 5.84 Å². The molecule has 0 aliphatic heterocycles. The number of nitro groups is 1. The van der Waals surface area contributed by atoms with Crippen molar-refractivity contribution in [3.63, 3.8) is 0 Å². The fourth-order valence-electron chi connectivity index (χ4n) is 2.00. The molecule has 104 valence electrons. The molecule has 0 radical (unpaired) electrons. The summed E-state index contributed by atoms with van der Waals surface area (Å²) in [7, 11) is 1.94. The maximum Gasteiger partial charge on any atom is 0.293 e. The summed E-state index contributed by atoms with van der Waals surface area (Å²) in [6, 6.07) is 14.8. The lowest BCUT2D eigenvalue weighted by Gasteiger charge is -2.19. The molecule has 0 amide bonds. The number of nitrogens with two attached hydrogens (primary N) is 1. The number of benzene rings is 2.